The molecular weight excluding hydrogens is 817 g/mol. The van der Waals surface area contributed by atoms with Crippen LogP contribution in [0.5, 0.6) is 0 Å². The van der Waals surface area contributed by atoms with E-state index in [0.717, 1.165) is 50.7 Å². The Morgan fingerprint density at radius 3 is 2.39 bits per heavy atom. The van der Waals surface area contributed by atoms with Crippen LogP contribution in [0.1, 0.15) is 25.7 Å². The number of hydrogen-bond acceptors (Lipinski definition) is 2. The normalized spacial score (nSPS) is 15.9. The van der Waals surface area contributed by atoms with Gasteiger partial charge in [-0.05, 0) is 0 Å². The van der Waals surface area contributed by atoms with Crippen molar-refractivity contribution in [2.45, 2.75) is 31.7 Å². The summed E-state index contributed by atoms with van der Waals surface area (Å²) in [5.41, 5.74) is 6.24. The smallest absolute Gasteiger partial charge is 0 e. The number of hydrogen-bond donors (Lipinski definition) is 2. The van der Waals surface area contributed by atoms with E-state index in [4.69, 9.17) is 5.73 Å². The molecule has 0 aromatic carbocycles. The van der Waals surface area contributed by atoms with Gasteiger partial charge in [0.1, 0.15) is 0 Å². The molecule has 1 saturated carbocycles. The zero-order chi connectivity index (χ0) is 12.0. The van der Waals surface area contributed by atoms with E-state index in [1.54, 1.807) is 0 Å². The zero-order valence-corrected chi connectivity index (χ0v) is 21.6. The molecule has 1 fully saturated rings. The Labute approximate surface area is 170 Å². The van der Waals surface area contributed by atoms with Gasteiger partial charge in [-0.2, -0.15) is 0 Å². The minimum absolute atomic E-state index is 0. The standard InChI is InChI=1S/C11H15N2O.3W.Y/c1-2-9(8-11(12)14)13-10-6-4-3-5-7-10;;;;/h1-3,10,13H,4-7H2,(H2,12,14);;;;/q-1;;;;. The summed E-state index contributed by atoms with van der Waals surface area (Å²) >= 11 is 2.50. The maximum Gasteiger partial charge on any atom is 0 e. The number of allylic oxidation sites excluding steroid dienone is 1. The van der Waals surface area contributed by atoms with Crippen LogP contribution >= 0.6 is 0 Å². The van der Waals surface area contributed by atoms with Gasteiger partial charge in [0.2, 0.25) is 0 Å². The predicted molar refractivity (Wildman–Crippen MR) is 58.0 cm³/mol. The third-order valence-corrected chi connectivity index (χ3v) is 4.50. The summed E-state index contributed by atoms with van der Waals surface area (Å²) in [6.07, 6.45) is 8.92. The number of carbonyl (C=O) groups is 1. The Morgan fingerprint density at radius 2 is 1.94 bits per heavy atom. The van der Waals surface area contributed by atoms with Gasteiger partial charge < -0.3 is 0 Å². The molecule has 97 valence electrons. The molecule has 0 aliphatic heterocycles. The third kappa shape index (κ3) is 8.26. The van der Waals surface area contributed by atoms with E-state index < -0.39 is 0 Å². The van der Waals surface area contributed by atoms with E-state index in [1.165, 1.54) is 19.4 Å². The van der Waals surface area contributed by atoms with Crippen molar-refractivity contribution in [2.24, 2.45) is 5.73 Å². The van der Waals surface area contributed by atoms with Gasteiger partial charge in [0, 0.05) is 53.8 Å². The molecule has 0 spiro atoms. The monoisotopic (exact) mass is 832 g/mol. The van der Waals surface area contributed by atoms with Gasteiger partial charge in [-0.15, -0.1) is 0 Å². The first-order valence-electron chi connectivity index (χ1n) is 5.23. The van der Waals surface area contributed by atoms with E-state index in [2.05, 4.69) is 11.7 Å². The molecule has 1 aliphatic carbocycles. The first-order chi connectivity index (χ1) is 7.65. The predicted octanol–water partition coefficient (Wildman–Crippen LogP) is 0.155. The molecule has 1 radical (unpaired) electrons. The average Bonchev–Trinajstić information content (AvgIpc) is 2.29. The number of nitrogens with two attached hydrogens (primary N) is 1. The topological polar surface area (TPSA) is 55.1 Å². The first-order valence-corrected chi connectivity index (χ1v) is 8.39. The summed E-state index contributed by atoms with van der Waals surface area (Å²) in [6.45, 7) is 0. The van der Waals surface area contributed by atoms with Crippen molar-refractivity contribution in [1.82, 2.24) is 5.32 Å². The van der Waals surface area contributed by atoms with E-state index >= 15 is 0 Å². The minimum Gasteiger partial charge on any atom is 0 e. The summed E-state index contributed by atoms with van der Waals surface area (Å²) < 4.78 is 2.72. The Morgan fingerprint density at radius 1 is 1.39 bits per heavy atom. The van der Waals surface area contributed by atoms with Crippen LogP contribution in [-0.4, -0.2) is 20.2 Å². The number of amides is 1. The van der Waals surface area contributed by atoms with Crippen molar-refractivity contribution in [3.05, 3.63) is 18.2 Å². The van der Waals surface area contributed by atoms with Crippen LogP contribution in [0, 0.1) is 6.42 Å². The van der Waals surface area contributed by atoms with Gasteiger partial charge in [-0.1, -0.05) is 0 Å². The maximum absolute atomic E-state index is 11.2. The molecule has 0 unspecified atom stereocenters. The fourth-order valence-corrected chi connectivity index (χ4v) is 2.63. The van der Waals surface area contributed by atoms with Crippen LogP contribution in [0.15, 0.2) is 11.8 Å². The quantitative estimate of drug-likeness (QED) is 0.389. The van der Waals surface area contributed by atoms with Crippen LogP contribution in [0.25, 0.3) is 0 Å². The molecule has 0 bridgehead atoms. The Balaban J connectivity index is 0. The van der Waals surface area contributed by atoms with Gasteiger partial charge in [0.15, 0.2) is 0 Å². The molecule has 0 saturated heterocycles. The van der Waals surface area contributed by atoms with Gasteiger partial charge >= 0.3 is 119 Å². The molecule has 3 nitrogen and oxygen atoms in total. The van der Waals surface area contributed by atoms with Crippen molar-refractivity contribution >= 4 is 14.2 Å². The molecule has 0 heterocycles. The van der Waals surface area contributed by atoms with E-state index in [9.17, 15) is 4.79 Å². The Kier molecular flexibility index (Phi) is 15.6. The van der Waals surface area contributed by atoms with Crippen LogP contribution in [0.4, 0.5) is 0 Å². The van der Waals surface area contributed by atoms with Gasteiger partial charge in [-0.25, -0.2) is 0 Å². The summed E-state index contributed by atoms with van der Waals surface area (Å²) in [4.78, 5) is 11.2. The largest absolute Gasteiger partial charge is 0 e. The second-order valence-corrected chi connectivity index (χ2v) is 6.14. The van der Waals surface area contributed by atoms with Crippen molar-refractivity contribution in [3.63, 3.8) is 0 Å². The molecule has 0 aromatic rings. The number of nitrogens with one attached hydrogen (secondary N) is 1. The second kappa shape index (κ2) is 12.6. The van der Waals surface area contributed by atoms with E-state index in [0.29, 0.717) is 9.94 Å². The Bertz CT molecular complexity index is 328. The number of rotatable bonds is 5. The van der Waals surface area contributed by atoms with Crippen molar-refractivity contribution in [3.8, 4) is 0 Å². The van der Waals surface area contributed by atoms with Gasteiger partial charge in [0.05, 0.1) is 0 Å². The third-order valence-electron chi connectivity index (χ3n) is 2.50. The Hall–Kier alpha value is 1.92. The fourth-order valence-electron chi connectivity index (χ4n) is 1.68. The van der Waals surface area contributed by atoms with Crippen LogP contribution < -0.4 is 11.1 Å². The van der Waals surface area contributed by atoms with Crippen LogP contribution in [0.3, 0.4) is 0 Å². The summed E-state index contributed by atoms with van der Waals surface area (Å²) in [5, 5.41) is 3.44. The molecular formula is C11H15N2OW3Y-. The SMILES string of the molecule is NC(=O)[C](=[W])C(=C[CH]=[W])NC1CC[CH-]CC1.[W].[Y]. The summed E-state index contributed by atoms with van der Waals surface area (Å²) in [5.74, 6) is -0.312. The van der Waals surface area contributed by atoms with E-state index in [1.807, 2.05) is 10.5 Å². The molecule has 0 atom stereocenters. The molecule has 1 aliphatic rings. The molecule has 1 rings (SSSR count). The summed E-state index contributed by atoms with van der Waals surface area (Å²) in [7, 11) is 0. The molecule has 3 N–H and O–H groups in total. The average molecular weight is 832 g/mol. The molecule has 7 heteroatoms. The molecule has 1 amide bonds. The second-order valence-electron chi connectivity index (χ2n) is 3.69. The van der Waals surface area contributed by atoms with Crippen LogP contribution in [-0.2, 0) is 97.3 Å². The fraction of sp³-hybridized carbons (Fsp3) is 0.455. The number of primary amides is 1. The summed E-state index contributed by atoms with van der Waals surface area (Å²) in [6, 6.07) is 0.486. The maximum atomic E-state index is 11.2. The molecule has 18 heavy (non-hydrogen) atoms. The zero-order valence-electron chi connectivity index (χ0n) is 9.93. The van der Waals surface area contributed by atoms with Gasteiger partial charge in [0.25, 0.3) is 0 Å². The van der Waals surface area contributed by atoms with Crippen LogP contribution in [0.2, 0.25) is 0 Å². The van der Waals surface area contributed by atoms with Gasteiger partial charge in [-0.3, -0.25) is 0 Å². The number of carbonyl (C=O) groups excluding carboxylic acids is 1. The molecule has 0 aromatic heterocycles. The van der Waals surface area contributed by atoms with E-state index in [-0.39, 0.29) is 59.7 Å². The van der Waals surface area contributed by atoms with Crippen molar-refractivity contribution in [1.29, 1.82) is 0 Å². The van der Waals surface area contributed by atoms with Crippen molar-refractivity contribution < 1.29 is 97.3 Å². The first kappa shape index (κ1) is 22.2. The van der Waals surface area contributed by atoms with Crippen molar-refractivity contribution in [2.75, 3.05) is 0 Å². The minimum atomic E-state index is -0.312.